The third-order valence-electron chi connectivity index (χ3n) is 4.18. The van der Waals surface area contributed by atoms with Gasteiger partial charge in [0.2, 0.25) is 0 Å². The van der Waals surface area contributed by atoms with E-state index in [1.54, 1.807) is 0 Å². The van der Waals surface area contributed by atoms with Crippen molar-refractivity contribution < 1.29 is 88.9 Å². The fourth-order valence-corrected chi connectivity index (χ4v) is 2.02. The summed E-state index contributed by atoms with van der Waals surface area (Å²) in [4.78, 5) is 10.0. The van der Waals surface area contributed by atoms with Crippen LogP contribution < -0.4 is 0 Å². The number of carbonyl (C=O) groups is 1. The molecule has 0 spiro atoms. The van der Waals surface area contributed by atoms with Crippen LogP contribution in [0, 0.1) is 0 Å². The predicted octanol–water partition coefficient (Wildman–Crippen LogP) is 8.35. The van der Waals surface area contributed by atoms with E-state index < -0.39 is 53.9 Å². The van der Waals surface area contributed by atoms with Crippen molar-refractivity contribution in [2.24, 2.45) is 0 Å². The van der Waals surface area contributed by atoms with Gasteiger partial charge in [-0.2, -0.15) is 79.0 Å². The van der Waals surface area contributed by atoms with Gasteiger partial charge in [0.25, 0.3) is 0 Å². The smallest absolute Gasteiger partial charge is 0.460 e. The highest BCUT2D eigenvalue weighted by Crippen LogP contribution is 2.63. The molecular weight excluding hydrogens is 566 g/mol. The molecule has 0 amide bonds. The number of carboxylic acid groups (broad SMARTS) is 1. The van der Waals surface area contributed by atoms with Gasteiger partial charge in [0.1, 0.15) is 0 Å². The third kappa shape index (κ3) is 6.74. The van der Waals surface area contributed by atoms with Crippen LogP contribution in [0.15, 0.2) is 0 Å². The number of hydrogen-bond acceptors (Lipinski definition) is 1. The standard InChI is InChI=1S/C8F18.C8H16O2/c9-1(10,3(13,14)5(17,18)7(21,22)23)2(11,12)4(15,16)6(19,20)8(24,25)26;1-2-3-4-5-6-7-8(9)10/h;2-7H2,1H3,(H,9,10). The summed E-state index contributed by atoms with van der Waals surface area (Å²) in [6, 6.07) is 0. The molecule has 0 heterocycles. The first-order chi connectivity index (χ1) is 15.5. The fourth-order valence-electron chi connectivity index (χ4n) is 2.02. The molecule has 0 saturated carbocycles. The van der Waals surface area contributed by atoms with Crippen molar-refractivity contribution in [1.82, 2.24) is 0 Å². The minimum Gasteiger partial charge on any atom is -0.481 e. The van der Waals surface area contributed by atoms with Gasteiger partial charge in [0.15, 0.2) is 0 Å². The highest BCUT2D eigenvalue weighted by Gasteiger charge is 2.95. The lowest BCUT2D eigenvalue weighted by Crippen LogP contribution is -2.74. The zero-order valence-corrected chi connectivity index (χ0v) is 17.4. The van der Waals surface area contributed by atoms with E-state index in [2.05, 4.69) is 6.92 Å². The molecule has 0 bridgehead atoms. The lowest BCUT2D eigenvalue weighted by atomic mass is 9.91. The van der Waals surface area contributed by atoms with Crippen LogP contribution in [0.5, 0.6) is 0 Å². The van der Waals surface area contributed by atoms with Crippen molar-refractivity contribution in [3.05, 3.63) is 0 Å². The molecule has 0 aliphatic rings. The Balaban J connectivity index is 0. The summed E-state index contributed by atoms with van der Waals surface area (Å²) < 4.78 is 221. The average molecular weight is 582 g/mol. The predicted molar refractivity (Wildman–Crippen MR) is 82.8 cm³/mol. The topological polar surface area (TPSA) is 37.3 Å². The maximum atomic E-state index is 12.8. The first-order valence-corrected chi connectivity index (χ1v) is 9.14. The Morgan fingerprint density at radius 2 is 0.722 bits per heavy atom. The van der Waals surface area contributed by atoms with Crippen LogP contribution >= 0.6 is 0 Å². The number of aliphatic carboxylic acids is 1. The summed E-state index contributed by atoms with van der Waals surface area (Å²) in [5.74, 6) is -51.7. The minimum absolute atomic E-state index is 0.337. The Hall–Kier alpha value is -1.79. The van der Waals surface area contributed by atoms with Crippen LogP contribution in [-0.4, -0.2) is 59.0 Å². The molecule has 36 heavy (non-hydrogen) atoms. The maximum absolute atomic E-state index is 12.8. The molecule has 0 saturated heterocycles. The van der Waals surface area contributed by atoms with Crippen molar-refractivity contribution in [3.63, 3.8) is 0 Å². The first-order valence-electron chi connectivity index (χ1n) is 9.14. The van der Waals surface area contributed by atoms with Gasteiger partial charge in [-0.3, -0.25) is 4.79 Å². The molecule has 0 aliphatic carbocycles. The number of halogens is 18. The van der Waals surface area contributed by atoms with Crippen molar-refractivity contribution in [3.8, 4) is 0 Å². The molecule has 0 aromatic rings. The first kappa shape index (κ1) is 36.4. The van der Waals surface area contributed by atoms with E-state index in [9.17, 15) is 83.8 Å². The van der Waals surface area contributed by atoms with Crippen LogP contribution in [0.2, 0.25) is 0 Å². The van der Waals surface area contributed by atoms with Gasteiger partial charge in [-0.15, -0.1) is 0 Å². The van der Waals surface area contributed by atoms with E-state index in [1.807, 2.05) is 0 Å². The summed E-state index contributed by atoms with van der Waals surface area (Å²) >= 11 is 0. The Bertz CT molecular complexity index is 659. The second-order valence-electron chi connectivity index (χ2n) is 7.00. The van der Waals surface area contributed by atoms with Crippen molar-refractivity contribution >= 4 is 5.97 Å². The van der Waals surface area contributed by atoms with Gasteiger partial charge in [0, 0.05) is 6.42 Å². The number of hydrogen-bond donors (Lipinski definition) is 1. The summed E-state index contributed by atoms with van der Waals surface area (Å²) in [5.41, 5.74) is 0. The van der Waals surface area contributed by atoms with Crippen molar-refractivity contribution in [1.29, 1.82) is 0 Å². The zero-order valence-electron chi connectivity index (χ0n) is 17.4. The molecule has 0 radical (unpaired) electrons. The Morgan fingerprint density at radius 3 is 0.944 bits per heavy atom. The molecule has 0 aromatic heterocycles. The molecular formula is C16H16F18O2. The van der Waals surface area contributed by atoms with E-state index in [4.69, 9.17) is 5.11 Å². The van der Waals surface area contributed by atoms with Crippen LogP contribution in [0.1, 0.15) is 45.4 Å². The van der Waals surface area contributed by atoms with E-state index >= 15 is 0 Å². The average Bonchev–Trinajstić information content (AvgIpc) is 2.65. The molecule has 0 aromatic carbocycles. The molecule has 1 N–H and O–H groups in total. The highest BCUT2D eigenvalue weighted by atomic mass is 19.4. The number of carboxylic acids is 1. The van der Waals surface area contributed by atoms with Crippen LogP contribution in [0.25, 0.3) is 0 Å². The maximum Gasteiger partial charge on any atom is 0.460 e. The second-order valence-corrected chi connectivity index (χ2v) is 7.00. The SMILES string of the molecule is CCCCCCCC(=O)O.FC(F)(F)C(F)(F)C(F)(F)C(F)(F)C(F)(F)C(F)(F)C(F)(F)C(F)(F)F. The summed E-state index contributed by atoms with van der Waals surface area (Å²) in [6.45, 7) is 2.15. The van der Waals surface area contributed by atoms with E-state index in [-0.39, 0.29) is 0 Å². The van der Waals surface area contributed by atoms with E-state index in [0.717, 1.165) is 12.8 Å². The van der Waals surface area contributed by atoms with E-state index in [1.165, 1.54) is 19.3 Å². The normalized spacial score (nSPS) is 14.9. The Labute approximate surface area is 189 Å². The molecule has 218 valence electrons. The molecule has 0 fully saturated rings. The Morgan fingerprint density at radius 1 is 0.472 bits per heavy atom. The quantitative estimate of drug-likeness (QED) is 0.197. The molecule has 2 nitrogen and oxygen atoms in total. The third-order valence-corrected chi connectivity index (χ3v) is 4.18. The van der Waals surface area contributed by atoms with Gasteiger partial charge < -0.3 is 5.11 Å². The summed E-state index contributed by atoms with van der Waals surface area (Å²) in [6.07, 6.45) is -9.73. The number of alkyl halides is 18. The lowest BCUT2D eigenvalue weighted by molar-refractivity contribution is -0.468. The van der Waals surface area contributed by atoms with Crippen LogP contribution in [0.4, 0.5) is 79.0 Å². The number of rotatable bonds is 11. The van der Waals surface area contributed by atoms with Crippen LogP contribution in [-0.2, 0) is 4.79 Å². The monoisotopic (exact) mass is 582 g/mol. The second kappa shape index (κ2) is 11.3. The van der Waals surface area contributed by atoms with Gasteiger partial charge in [-0.05, 0) is 6.42 Å². The van der Waals surface area contributed by atoms with Crippen molar-refractivity contribution in [2.45, 2.75) is 93.3 Å². The fraction of sp³-hybridized carbons (Fsp3) is 0.938. The number of unbranched alkanes of at least 4 members (excludes halogenated alkanes) is 4. The van der Waals surface area contributed by atoms with Gasteiger partial charge >= 0.3 is 53.9 Å². The summed E-state index contributed by atoms with van der Waals surface area (Å²) in [5, 5.41) is 8.27. The van der Waals surface area contributed by atoms with Crippen LogP contribution in [0.3, 0.4) is 0 Å². The summed E-state index contributed by atoms with van der Waals surface area (Å²) in [7, 11) is 0. The van der Waals surface area contributed by atoms with E-state index in [0.29, 0.717) is 6.42 Å². The molecule has 0 atom stereocenters. The molecule has 20 heteroatoms. The Kier molecular flexibility index (Phi) is 11.4. The molecule has 0 unspecified atom stereocenters. The largest absolute Gasteiger partial charge is 0.481 e. The molecule has 0 rings (SSSR count). The van der Waals surface area contributed by atoms with Gasteiger partial charge in [-0.25, -0.2) is 0 Å². The zero-order chi connectivity index (χ0) is 29.8. The minimum atomic E-state index is -8.72. The van der Waals surface area contributed by atoms with Crippen molar-refractivity contribution in [2.75, 3.05) is 0 Å². The highest BCUT2D eigenvalue weighted by molar-refractivity contribution is 5.66. The lowest BCUT2D eigenvalue weighted by Gasteiger charge is -2.41. The van der Waals surface area contributed by atoms with Gasteiger partial charge in [0.05, 0.1) is 0 Å². The van der Waals surface area contributed by atoms with Gasteiger partial charge in [-0.1, -0.05) is 32.6 Å². The molecule has 0 aliphatic heterocycles.